The lowest BCUT2D eigenvalue weighted by Gasteiger charge is -2.26. The number of halogens is 1. The molecule has 1 aliphatic heterocycles. The van der Waals surface area contributed by atoms with Crippen LogP contribution in [0.25, 0.3) is 0 Å². The third kappa shape index (κ3) is 3.94. The van der Waals surface area contributed by atoms with Crippen molar-refractivity contribution in [1.82, 2.24) is 15.2 Å². The Balaban J connectivity index is 1.70. The standard InChI is InChI=1S/C11H16ClN3OS/c12-6-9-8-17-11(14-9)2-1-4-15-5-3-13-10(16)7-15/h8H,1-7H2,(H,13,16). The lowest BCUT2D eigenvalue weighted by atomic mass is 10.2. The molecule has 0 saturated carbocycles. The fraction of sp³-hybridized carbons (Fsp3) is 0.636. The van der Waals surface area contributed by atoms with Crippen LogP contribution < -0.4 is 5.32 Å². The molecule has 0 bridgehead atoms. The summed E-state index contributed by atoms with van der Waals surface area (Å²) in [6.07, 6.45) is 2.02. The number of piperazine rings is 1. The molecule has 0 aliphatic carbocycles. The number of nitrogens with one attached hydrogen (secondary N) is 1. The van der Waals surface area contributed by atoms with Crippen molar-refractivity contribution in [2.45, 2.75) is 18.7 Å². The Bertz CT molecular complexity index is 383. The van der Waals surface area contributed by atoms with Gasteiger partial charge < -0.3 is 5.32 Å². The molecule has 94 valence electrons. The van der Waals surface area contributed by atoms with E-state index in [9.17, 15) is 4.79 Å². The van der Waals surface area contributed by atoms with E-state index < -0.39 is 0 Å². The van der Waals surface area contributed by atoms with Crippen molar-refractivity contribution in [2.24, 2.45) is 0 Å². The number of rotatable bonds is 5. The van der Waals surface area contributed by atoms with Gasteiger partial charge in [0.15, 0.2) is 0 Å². The zero-order valence-electron chi connectivity index (χ0n) is 9.62. The number of amides is 1. The number of hydrogen-bond donors (Lipinski definition) is 1. The van der Waals surface area contributed by atoms with Gasteiger partial charge in [-0.1, -0.05) is 0 Å². The van der Waals surface area contributed by atoms with Crippen LogP contribution in [-0.4, -0.2) is 42.0 Å². The first-order valence-electron chi connectivity index (χ1n) is 5.76. The van der Waals surface area contributed by atoms with Gasteiger partial charge in [-0.2, -0.15) is 0 Å². The van der Waals surface area contributed by atoms with Gasteiger partial charge in [0.25, 0.3) is 0 Å². The quantitative estimate of drug-likeness (QED) is 0.822. The van der Waals surface area contributed by atoms with Crippen molar-refractivity contribution in [3.63, 3.8) is 0 Å². The van der Waals surface area contributed by atoms with Gasteiger partial charge in [0.2, 0.25) is 5.91 Å². The normalized spacial score (nSPS) is 17.1. The first-order valence-corrected chi connectivity index (χ1v) is 7.17. The minimum absolute atomic E-state index is 0.134. The Morgan fingerprint density at radius 1 is 1.59 bits per heavy atom. The van der Waals surface area contributed by atoms with E-state index >= 15 is 0 Å². The third-order valence-corrected chi connectivity index (χ3v) is 3.95. The van der Waals surface area contributed by atoms with Crippen LogP contribution in [0.2, 0.25) is 0 Å². The fourth-order valence-electron chi connectivity index (χ4n) is 1.86. The van der Waals surface area contributed by atoms with Crippen molar-refractivity contribution in [2.75, 3.05) is 26.2 Å². The molecular weight excluding hydrogens is 258 g/mol. The Morgan fingerprint density at radius 3 is 3.18 bits per heavy atom. The van der Waals surface area contributed by atoms with E-state index in [1.165, 1.54) is 0 Å². The maximum absolute atomic E-state index is 11.2. The predicted octanol–water partition coefficient (Wildman–Crippen LogP) is 1.25. The van der Waals surface area contributed by atoms with Gasteiger partial charge in [-0.05, 0) is 13.0 Å². The van der Waals surface area contributed by atoms with Gasteiger partial charge in [-0.15, -0.1) is 22.9 Å². The lowest BCUT2D eigenvalue weighted by Crippen LogP contribution is -2.47. The van der Waals surface area contributed by atoms with Gasteiger partial charge in [0.1, 0.15) is 0 Å². The summed E-state index contributed by atoms with van der Waals surface area (Å²) in [7, 11) is 0. The van der Waals surface area contributed by atoms with Crippen LogP contribution in [0.5, 0.6) is 0 Å². The molecule has 4 nitrogen and oxygen atoms in total. The molecule has 2 heterocycles. The fourth-order valence-corrected chi connectivity index (χ4v) is 2.93. The van der Waals surface area contributed by atoms with Gasteiger partial charge in [0.05, 0.1) is 23.1 Å². The molecule has 1 fully saturated rings. The predicted molar refractivity (Wildman–Crippen MR) is 69.4 cm³/mol. The zero-order chi connectivity index (χ0) is 12.1. The van der Waals surface area contributed by atoms with E-state index in [1.807, 2.05) is 5.38 Å². The molecule has 17 heavy (non-hydrogen) atoms. The van der Waals surface area contributed by atoms with Crippen molar-refractivity contribution in [3.05, 3.63) is 16.1 Å². The Labute approximate surface area is 110 Å². The number of hydrogen-bond acceptors (Lipinski definition) is 4. The smallest absolute Gasteiger partial charge is 0.234 e. The molecule has 1 aromatic rings. The van der Waals surface area contributed by atoms with Crippen molar-refractivity contribution >= 4 is 28.8 Å². The second kappa shape index (κ2) is 6.33. The van der Waals surface area contributed by atoms with Crippen LogP contribution in [0.15, 0.2) is 5.38 Å². The summed E-state index contributed by atoms with van der Waals surface area (Å²) < 4.78 is 0. The Hall–Kier alpha value is -0.650. The molecule has 0 aromatic carbocycles. The monoisotopic (exact) mass is 273 g/mol. The van der Waals surface area contributed by atoms with Crippen LogP contribution in [0, 0.1) is 0 Å². The second-order valence-electron chi connectivity index (χ2n) is 4.10. The first kappa shape index (κ1) is 12.8. The molecule has 1 saturated heterocycles. The number of alkyl halides is 1. The molecule has 1 N–H and O–H groups in total. The first-order chi connectivity index (χ1) is 8.28. The SMILES string of the molecule is O=C1CN(CCCc2nc(CCl)cs2)CCN1. The Morgan fingerprint density at radius 2 is 2.47 bits per heavy atom. The molecule has 2 rings (SSSR count). The van der Waals surface area contributed by atoms with E-state index in [4.69, 9.17) is 11.6 Å². The molecular formula is C11H16ClN3OS. The molecule has 1 aromatic heterocycles. The number of carbonyl (C=O) groups excluding carboxylic acids is 1. The highest BCUT2D eigenvalue weighted by atomic mass is 35.5. The summed E-state index contributed by atoms with van der Waals surface area (Å²) >= 11 is 7.37. The highest BCUT2D eigenvalue weighted by molar-refractivity contribution is 7.09. The van der Waals surface area contributed by atoms with Crippen molar-refractivity contribution < 1.29 is 4.79 Å². The number of thiazole rings is 1. The van der Waals surface area contributed by atoms with Gasteiger partial charge in [-0.25, -0.2) is 4.98 Å². The van der Waals surface area contributed by atoms with Gasteiger partial charge in [-0.3, -0.25) is 9.69 Å². The van der Waals surface area contributed by atoms with Crippen LogP contribution in [0.3, 0.4) is 0 Å². The Kier molecular flexibility index (Phi) is 4.76. The number of aryl methyl sites for hydroxylation is 1. The minimum atomic E-state index is 0.134. The number of aromatic nitrogens is 1. The third-order valence-electron chi connectivity index (χ3n) is 2.72. The maximum Gasteiger partial charge on any atom is 0.234 e. The summed E-state index contributed by atoms with van der Waals surface area (Å²) in [4.78, 5) is 17.8. The number of carbonyl (C=O) groups is 1. The minimum Gasteiger partial charge on any atom is -0.354 e. The number of nitrogens with zero attached hydrogens (tertiary/aromatic N) is 2. The average Bonchev–Trinajstić information content (AvgIpc) is 2.77. The average molecular weight is 274 g/mol. The van der Waals surface area contributed by atoms with Crippen molar-refractivity contribution in [3.8, 4) is 0 Å². The molecule has 0 radical (unpaired) electrons. The largest absolute Gasteiger partial charge is 0.354 e. The van der Waals surface area contributed by atoms with Crippen LogP contribution in [-0.2, 0) is 17.1 Å². The molecule has 0 atom stereocenters. The zero-order valence-corrected chi connectivity index (χ0v) is 11.2. The maximum atomic E-state index is 11.2. The molecule has 6 heteroatoms. The molecule has 1 amide bonds. The highest BCUT2D eigenvalue weighted by Gasteiger charge is 2.15. The van der Waals surface area contributed by atoms with E-state index in [0.29, 0.717) is 12.4 Å². The summed E-state index contributed by atoms with van der Waals surface area (Å²) in [5, 5.41) is 5.98. The summed E-state index contributed by atoms with van der Waals surface area (Å²) in [6, 6.07) is 0. The van der Waals surface area contributed by atoms with Crippen LogP contribution >= 0.6 is 22.9 Å². The van der Waals surface area contributed by atoms with E-state index in [2.05, 4.69) is 15.2 Å². The van der Waals surface area contributed by atoms with E-state index in [-0.39, 0.29) is 5.91 Å². The van der Waals surface area contributed by atoms with Gasteiger partial charge >= 0.3 is 0 Å². The summed E-state index contributed by atoms with van der Waals surface area (Å²) in [5.41, 5.74) is 0.962. The van der Waals surface area contributed by atoms with Crippen LogP contribution in [0.4, 0.5) is 0 Å². The van der Waals surface area contributed by atoms with E-state index in [1.54, 1.807) is 11.3 Å². The lowest BCUT2D eigenvalue weighted by molar-refractivity contribution is -0.124. The van der Waals surface area contributed by atoms with Crippen molar-refractivity contribution in [1.29, 1.82) is 0 Å². The van der Waals surface area contributed by atoms with Gasteiger partial charge in [0, 0.05) is 24.9 Å². The topological polar surface area (TPSA) is 45.2 Å². The summed E-state index contributed by atoms with van der Waals surface area (Å²) in [6.45, 7) is 3.22. The molecule has 0 spiro atoms. The second-order valence-corrected chi connectivity index (χ2v) is 5.31. The highest BCUT2D eigenvalue weighted by Crippen LogP contribution is 2.13. The van der Waals surface area contributed by atoms with Crippen LogP contribution in [0.1, 0.15) is 17.1 Å². The van der Waals surface area contributed by atoms with E-state index in [0.717, 1.165) is 43.2 Å². The summed E-state index contributed by atoms with van der Waals surface area (Å²) in [5.74, 6) is 0.623. The molecule has 1 aliphatic rings. The molecule has 0 unspecified atom stereocenters.